The van der Waals surface area contributed by atoms with Crippen LogP contribution in [0, 0.1) is 0 Å². The molecule has 3 aromatic rings. The molecule has 2 heterocycles. The second-order valence-electron chi connectivity index (χ2n) is 4.78. The minimum Gasteiger partial charge on any atom is -0.462 e. The van der Waals surface area contributed by atoms with Gasteiger partial charge in [0.05, 0.1) is 22.7 Å². The van der Waals surface area contributed by atoms with Crippen molar-refractivity contribution in [3.8, 4) is 11.6 Å². The number of carbonyl (C=O) groups excluding carboxylic acids is 1. The van der Waals surface area contributed by atoms with Crippen molar-refractivity contribution < 1.29 is 14.3 Å². The Bertz CT molecular complexity index is 898. The third-order valence-electron chi connectivity index (χ3n) is 3.16. The Morgan fingerprint density at radius 3 is 2.58 bits per heavy atom. The van der Waals surface area contributed by atoms with Crippen LogP contribution >= 0.6 is 23.2 Å². The molecule has 3 rings (SSSR count). The summed E-state index contributed by atoms with van der Waals surface area (Å²) in [5.41, 5.74) is 1.09. The maximum atomic E-state index is 11.9. The number of esters is 1. The van der Waals surface area contributed by atoms with Gasteiger partial charge in [0.25, 0.3) is 0 Å². The number of hydrogen-bond acceptors (Lipinski definition) is 5. The summed E-state index contributed by atoms with van der Waals surface area (Å²) < 4.78 is 10.6. The quantitative estimate of drug-likeness (QED) is 0.617. The fourth-order valence-corrected chi connectivity index (χ4v) is 2.44. The second-order valence-corrected chi connectivity index (χ2v) is 5.59. The van der Waals surface area contributed by atoms with Gasteiger partial charge in [0.2, 0.25) is 5.88 Å². The van der Waals surface area contributed by atoms with Gasteiger partial charge in [0.1, 0.15) is 11.3 Å². The Morgan fingerprint density at radius 2 is 1.88 bits per heavy atom. The SMILES string of the molecule is CCOC(=O)c1cnc2ccc(Oc3ccc(Cl)cc3)nc2c1Cl. The zero-order valence-electron chi connectivity index (χ0n) is 12.6. The Morgan fingerprint density at radius 1 is 1.12 bits per heavy atom. The lowest BCUT2D eigenvalue weighted by Gasteiger charge is -2.08. The lowest BCUT2D eigenvalue weighted by Crippen LogP contribution is -2.06. The van der Waals surface area contributed by atoms with Crippen LogP contribution in [-0.4, -0.2) is 22.5 Å². The maximum Gasteiger partial charge on any atom is 0.341 e. The molecule has 2 aromatic heterocycles. The minimum atomic E-state index is -0.539. The predicted molar refractivity (Wildman–Crippen MR) is 92.0 cm³/mol. The highest BCUT2D eigenvalue weighted by molar-refractivity contribution is 6.37. The van der Waals surface area contributed by atoms with E-state index in [1.54, 1.807) is 43.3 Å². The van der Waals surface area contributed by atoms with E-state index in [1.807, 2.05) is 0 Å². The van der Waals surface area contributed by atoms with Crippen LogP contribution < -0.4 is 4.74 Å². The molecular formula is C17H12Cl2N2O3. The number of aromatic nitrogens is 2. The van der Waals surface area contributed by atoms with Crippen LogP contribution in [0.5, 0.6) is 11.6 Å². The second kappa shape index (κ2) is 7.03. The van der Waals surface area contributed by atoms with Crippen molar-refractivity contribution in [1.29, 1.82) is 0 Å². The van der Waals surface area contributed by atoms with E-state index in [9.17, 15) is 4.79 Å². The molecule has 0 radical (unpaired) electrons. The first-order chi connectivity index (χ1) is 11.6. The van der Waals surface area contributed by atoms with Crippen molar-refractivity contribution in [3.05, 3.63) is 58.2 Å². The molecule has 0 bridgehead atoms. The fourth-order valence-electron chi connectivity index (χ4n) is 2.05. The summed E-state index contributed by atoms with van der Waals surface area (Å²) in [4.78, 5) is 20.4. The topological polar surface area (TPSA) is 61.3 Å². The van der Waals surface area contributed by atoms with E-state index in [1.165, 1.54) is 6.20 Å². The molecule has 0 aliphatic carbocycles. The molecule has 1 aromatic carbocycles. The molecule has 0 aliphatic heterocycles. The van der Waals surface area contributed by atoms with Gasteiger partial charge in [-0.05, 0) is 37.3 Å². The highest BCUT2D eigenvalue weighted by atomic mass is 35.5. The number of fused-ring (bicyclic) bond motifs is 1. The molecule has 122 valence electrons. The van der Waals surface area contributed by atoms with Gasteiger partial charge >= 0.3 is 5.97 Å². The lowest BCUT2D eigenvalue weighted by molar-refractivity contribution is 0.0526. The zero-order valence-corrected chi connectivity index (χ0v) is 14.1. The number of hydrogen-bond donors (Lipinski definition) is 0. The van der Waals surface area contributed by atoms with E-state index in [-0.39, 0.29) is 17.2 Å². The summed E-state index contributed by atoms with van der Waals surface area (Å²) in [6, 6.07) is 10.3. The Hall–Kier alpha value is -2.37. The highest BCUT2D eigenvalue weighted by Gasteiger charge is 2.16. The Balaban J connectivity index is 1.98. The summed E-state index contributed by atoms with van der Waals surface area (Å²) in [6.07, 6.45) is 1.38. The fraction of sp³-hybridized carbons (Fsp3) is 0.118. The standard InChI is InChI=1S/C17H12Cl2N2O3/c1-2-23-17(22)12-9-20-13-7-8-14(21-16(13)15(12)19)24-11-5-3-10(18)4-6-11/h3-9H,2H2,1H3. The van der Waals surface area contributed by atoms with Crippen molar-refractivity contribution in [2.45, 2.75) is 6.92 Å². The smallest absolute Gasteiger partial charge is 0.341 e. The molecule has 0 unspecified atom stereocenters. The summed E-state index contributed by atoms with van der Waals surface area (Å²) in [5.74, 6) is 0.370. The molecule has 0 amide bonds. The van der Waals surface area contributed by atoms with Gasteiger partial charge < -0.3 is 9.47 Å². The first-order valence-corrected chi connectivity index (χ1v) is 7.90. The van der Waals surface area contributed by atoms with E-state index in [0.717, 1.165) is 0 Å². The summed E-state index contributed by atoms with van der Waals surface area (Å²) >= 11 is 12.1. The van der Waals surface area contributed by atoms with Gasteiger partial charge in [0.15, 0.2) is 0 Å². The molecule has 0 N–H and O–H groups in total. The zero-order chi connectivity index (χ0) is 17.1. The first kappa shape index (κ1) is 16.5. The molecule has 24 heavy (non-hydrogen) atoms. The van der Waals surface area contributed by atoms with Crippen molar-refractivity contribution in [2.24, 2.45) is 0 Å². The molecule has 0 fully saturated rings. The number of nitrogens with zero attached hydrogens (tertiary/aromatic N) is 2. The van der Waals surface area contributed by atoms with Crippen LogP contribution in [0.4, 0.5) is 0 Å². The van der Waals surface area contributed by atoms with Crippen LogP contribution in [0.1, 0.15) is 17.3 Å². The van der Waals surface area contributed by atoms with Crippen molar-refractivity contribution in [3.63, 3.8) is 0 Å². The monoisotopic (exact) mass is 362 g/mol. The van der Waals surface area contributed by atoms with E-state index >= 15 is 0 Å². The van der Waals surface area contributed by atoms with Gasteiger partial charge in [-0.1, -0.05) is 23.2 Å². The molecule has 0 spiro atoms. The molecule has 0 aliphatic rings. The number of rotatable bonds is 4. The Labute approximate surface area is 148 Å². The first-order valence-electron chi connectivity index (χ1n) is 7.14. The number of pyridine rings is 2. The van der Waals surface area contributed by atoms with E-state index in [0.29, 0.717) is 27.7 Å². The van der Waals surface area contributed by atoms with Gasteiger partial charge in [-0.15, -0.1) is 0 Å². The average molecular weight is 363 g/mol. The number of carbonyl (C=O) groups is 1. The van der Waals surface area contributed by atoms with Crippen LogP contribution in [0.25, 0.3) is 11.0 Å². The highest BCUT2D eigenvalue weighted by Crippen LogP contribution is 2.28. The van der Waals surface area contributed by atoms with Gasteiger partial charge in [-0.2, -0.15) is 0 Å². The maximum absolute atomic E-state index is 11.9. The van der Waals surface area contributed by atoms with Crippen LogP contribution in [0.15, 0.2) is 42.6 Å². The molecule has 0 saturated heterocycles. The molecule has 5 nitrogen and oxygen atoms in total. The Kier molecular flexibility index (Phi) is 4.83. The average Bonchev–Trinajstić information content (AvgIpc) is 2.58. The molecule has 7 heteroatoms. The number of benzene rings is 1. The van der Waals surface area contributed by atoms with Gasteiger partial charge in [-0.25, -0.2) is 9.78 Å². The minimum absolute atomic E-state index is 0.169. The largest absolute Gasteiger partial charge is 0.462 e. The van der Waals surface area contributed by atoms with E-state index in [4.69, 9.17) is 32.7 Å². The van der Waals surface area contributed by atoms with Gasteiger partial charge in [0, 0.05) is 17.3 Å². The van der Waals surface area contributed by atoms with Crippen LogP contribution in [0.3, 0.4) is 0 Å². The normalized spacial score (nSPS) is 10.6. The predicted octanol–water partition coefficient (Wildman–Crippen LogP) is 4.91. The number of halogens is 2. The van der Waals surface area contributed by atoms with Crippen molar-refractivity contribution in [2.75, 3.05) is 6.61 Å². The van der Waals surface area contributed by atoms with E-state index in [2.05, 4.69) is 9.97 Å². The van der Waals surface area contributed by atoms with Crippen LogP contribution in [-0.2, 0) is 4.74 Å². The summed E-state index contributed by atoms with van der Waals surface area (Å²) in [6.45, 7) is 1.97. The van der Waals surface area contributed by atoms with Crippen molar-refractivity contribution >= 4 is 40.2 Å². The molecule has 0 saturated carbocycles. The number of ether oxygens (including phenoxy) is 2. The van der Waals surface area contributed by atoms with Gasteiger partial charge in [-0.3, -0.25) is 4.98 Å². The van der Waals surface area contributed by atoms with Crippen LogP contribution in [0.2, 0.25) is 10.0 Å². The third kappa shape index (κ3) is 3.42. The van der Waals surface area contributed by atoms with Crippen molar-refractivity contribution in [1.82, 2.24) is 9.97 Å². The van der Waals surface area contributed by atoms with E-state index < -0.39 is 5.97 Å². The summed E-state index contributed by atoms with van der Waals surface area (Å²) in [7, 11) is 0. The molecule has 0 atom stereocenters. The third-order valence-corrected chi connectivity index (χ3v) is 3.79. The summed E-state index contributed by atoms with van der Waals surface area (Å²) in [5, 5.41) is 0.792. The molecular weight excluding hydrogens is 351 g/mol. The lowest BCUT2D eigenvalue weighted by atomic mass is 10.2.